The highest BCUT2D eigenvalue weighted by Crippen LogP contribution is 2.25. The van der Waals surface area contributed by atoms with E-state index in [1.54, 1.807) is 25.1 Å². The quantitative estimate of drug-likeness (QED) is 0.613. The number of benzene rings is 1. The molecule has 0 saturated carbocycles. The van der Waals surface area contributed by atoms with E-state index in [2.05, 4.69) is 29.4 Å². The topological polar surface area (TPSA) is 70.7 Å². The number of ether oxygens (including phenoxy) is 1. The molecule has 0 aliphatic carbocycles. The molecule has 2 unspecified atom stereocenters. The zero-order valence-electron chi connectivity index (χ0n) is 17.3. The van der Waals surface area contributed by atoms with Crippen LogP contribution in [0.1, 0.15) is 44.0 Å². The van der Waals surface area contributed by atoms with E-state index in [9.17, 15) is 9.59 Å². The fourth-order valence-electron chi connectivity index (χ4n) is 3.71. The minimum atomic E-state index is -0.690. The largest absolute Gasteiger partial charge is 0.379 e. The van der Waals surface area contributed by atoms with Crippen molar-refractivity contribution in [3.63, 3.8) is 0 Å². The van der Waals surface area contributed by atoms with Gasteiger partial charge in [-0.05, 0) is 25.0 Å². The standard InChI is InChI=1S/C21H31Cl2N3O3/c1-4-15(5-2)18(26-9-11-29-12-10-26)13-24-20(27)14(3)25-21(28)16-7-6-8-17(22)19(16)23/h6-8,14-15,18H,4-5,9-13H2,1-3H3,(H,24,27)(H,25,28). The lowest BCUT2D eigenvalue weighted by atomic mass is 9.92. The van der Waals surface area contributed by atoms with E-state index in [1.165, 1.54) is 0 Å². The van der Waals surface area contributed by atoms with Crippen molar-refractivity contribution in [2.24, 2.45) is 5.92 Å². The number of rotatable bonds is 9. The number of carbonyl (C=O) groups is 2. The van der Waals surface area contributed by atoms with Crippen LogP contribution in [-0.4, -0.2) is 61.6 Å². The molecule has 8 heteroatoms. The number of amides is 2. The number of hydrogen-bond acceptors (Lipinski definition) is 4. The average molecular weight is 444 g/mol. The minimum absolute atomic E-state index is 0.181. The maximum absolute atomic E-state index is 12.6. The summed E-state index contributed by atoms with van der Waals surface area (Å²) in [6.07, 6.45) is 2.10. The van der Waals surface area contributed by atoms with E-state index in [-0.39, 0.29) is 22.5 Å². The van der Waals surface area contributed by atoms with Crippen LogP contribution >= 0.6 is 23.2 Å². The van der Waals surface area contributed by atoms with Crippen LogP contribution in [0.5, 0.6) is 0 Å². The van der Waals surface area contributed by atoms with Gasteiger partial charge in [0, 0.05) is 25.7 Å². The van der Waals surface area contributed by atoms with E-state index < -0.39 is 11.9 Å². The van der Waals surface area contributed by atoms with Gasteiger partial charge in [-0.1, -0.05) is 56.0 Å². The minimum Gasteiger partial charge on any atom is -0.379 e. The lowest BCUT2D eigenvalue weighted by molar-refractivity contribution is -0.123. The maximum atomic E-state index is 12.6. The van der Waals surface area contributed by atoms with Crippen molar-refractivity contribution >= 4 is 35.0 Å². The van der Waals surface area contributed by atoms with Gasteiger partial charge in [-0.25, -0.2) is 0 Å². The van der Waals surface area contributed by atoms with Gasteiger partial charge in [0.15, 0.2) is 0 Å². The van der Waals surface area contributed by atoms with E-state index in [4.69, 9.17) is 27.9 Å². The molecule has 1 heterocycles. The molecule has 0 radical (unpaired) electrons. The van der Waals surface area contributed by atoms with Crippen LogP contribution in [0.15, 0.2) is 18.2 Å². The van der Waals surface area contributed by atoms with Gasteiger partial charge < -0.3 is 15.4 Å². The predicted molar refractivity (Wildman–Crippen MR) is 117 cm³/mol. The van der Waals surface area contributed by atoms with Crippen molar-refractivity contribution < 1.29 is 14.3 Å². The highest BCUT2D eigenvalue weighted by Gasteiger charge is 2.28. The Morgan fingerprint density at radius 2 is 1.83 bits per heavy atom. The molecule has 0 aromatic heterocycles. The molecule has 29 heavy (non-hydrogen) atoms. The first-order valence-electron chi connectivity index (χ1n) is 10.2. The zero-order valence-corrected chi connectivity index (χ0v) is 18.9. The number of hydrogen-bond donors (Lipinski definition) is 2. The second-order valence-corrected chi connectivity index (χ2v) is 8.12. The second-order valence-electron chi connectivity index (χ2n) is 7.33. The number of carbonyl (C=O) groups excluding carboxylic acids is 2. The average Bonchev–Trinajstić information content (AvgIpc) is 2.73. The van der Waals surface area contributed by atoms with Gasteiger partial charge in [-0.3, -0.25) is 14.5 Å². The molecule has 2 atom stereocenters. The maximum Gasteiger partial charge on any atom is 0.253 e. The molecule has 1 aromatic rings. The van der Waals surface area contributed by atoms with E-state index in [0.717, 1.165) is 39.1 Å². The number of nitrogens with zero attached hydrogens (tertiary/aromatic N) is 1. The van der Waals surface area contributed by atoms with Crippen molar-refractivity contribution in [1.82, 2.24) is 15.5 Å². The third-order valence-electron chi connectivity index (χ3n) is 5.53. The van der Waals surface area contributed by atoms with E-state index in [0.29, 0.717) is 17.5 Å². The Hall–Kier alpha value is -1.34. The molecule has 0 spiro atoms. The summed E-state index contributed by atoms with van der Waals surface area (Å²) in [4.78, 5) is 27.5. The van der Waals surface area contributed by atoms with Crippen molar-refractivity contribution in [1.29, 1.82) is 0 Å². The van der Waals surface area contributed by atoms with Gasteiger partial charge in [0.2, 0.25) is 5.91 Å². The van der Waals surface area contributed by atoms with Crippen molar-refractivity contribution in [3.05, 3.63) is 33.8 Å². The molecule has 1 aliphatic rings. The van der Waals surface area contributed by atoms with E-state index in [1.807, 2.05) is 0 Å². The fraction of sp³-hybridized carbons (Fsp3) is 0.619. The zero-order chi connectivity index (χ0) is 21.4. The lowest BCUT2D eigenvalue weighted by Crippen LogP contribution is -2.54. The summed E-state index contributed by atoms with van der Waals surface area (Å²) in [7, 11) is 0. The third-order valence-corrected chi connectivity index (χ3v) is 6.35. The van der Waals surface area contributed by atoms with Gasteiger partial charge in [0.25, 0.3) is 5.91 Å². The molecule has 1 saturated heterocycles. The number of halogens is 2. The molecular weight excluding hydrogens is 413 g/mol. The predicted octanol–water partition coefficient (Wildman–Crippen LogP) is 3.36. The number of morpholine rings is 1. The van der Waals surface area contributed by atoms with Gasteiger partial charge >= 0.3 is 0 Å². The Kier molecular flexibility index (Phi) is 9.69. The van der Waals surface area contributed by atoms with Crippen LogP contribution in [0.3, 0.4) is 0 Å². The monoisotopic (exact) mass is 443 g/mol. The summed E-state index contributed by atoms with van der Waals surface area (Å²) in [5.74, 6) is -0.158. The smallest absolute Gasteiger partial charge is 0.253 e. The normalized spacial score (nSPS) is 17.0. The van der Waals surface area contributed by atoms with Crippen LogP contribution < -0.4 is 10.6 Å². The Morgan fingerprint density at radius 1 is 1.17 bits per heavy atom. The molecular formula is C21H31Cl2N3O3. The van der Waals surface area contributed by atoms with Gasteiger partial charge in [-0.2, -0.15) is 0 Å². The van der Waals surface area contributed by atoms with Crippen molar-refractivity contribution in [3.8, 4) is 0 Å². The summed E-state index contributed by atoms with van der Waals surface area (Å²) in [6.45, 7) is 9.75. The summed E-state index contributed by atoms with van der Waals surface area (Å²) < 4.78 is 5.47. The summed E-state index contributed by atoms with van der Waals surface area (Å²) in [5.41, 5.74) is 0.252. The fourth-order valence-corrected chi connectivity index (χ4v) is 4.10. The molecule has 2 rings (SSSR count). The first-order chi connectivity index (χ1) is 13.9. The third kappa shape index (κ3) is 6.57. The molecule has 6 nitrogen and oxygen atoms in total. The Balaban J connectivity index is 1.95. The molecule has 0 bridgehead atoms. The van der Waals surface area contributed by atoms with Crippen LogP contribution in [0.4, 0.5) is 0 Å². The lowest BCUT2D eigenvalue weighted by Gasteiger charge is -2.39. The molecule has 2 amide bonds. The van der Waals surface area contributed by atoms with Crippen molar-refractivity contribution in [2.75, 3.05) is 32.8 Å². The highest BCUT2D eigenvalue weighted by atomic mass is 35.5. The SMILES string of the molecule is CCC(CC)C(CNC(=O)C(C)NC(=O)c1cccc(Cl)c1Cl)N1CCOCC1. The first-order valence-corrected chi connectivity index (χ1v) is 11.0. The summed E-state index contributed by atoms with van der Waals surface area (Å²) >= 11 is 12.1. The first kappa shape index (κ1) is 23.9. The molecule has 2 N–H and O–H groups in total. The van der Waals surface area contributed by atoms with Crippen LogP contribution in [-0.2, 0) is 9.53 Å². The Bertz CT molecular complexity index is 692. The van der Waals surface area contributed by atoms with Crippen molar-refractivity contribution in [2.45, 2.75) is 45.7 Å². The molecule has 1 fully saturated rings. The highest BCUT2D eigenvalue weighted by molar-refractivity contribution is 6.43. The number of nitrogens with one attached hydrogen (secondary N) is 2. The summed E-state index contributed by atoms with van der Waals surface area (Å²) in [5, 5.41) is 6.20. The van der Waals surface area contributed by atoms with Gasteiger partial charge in [0.05, 0.1) is 28.8 Å². The Labute approximate surface area is 183 Å². The molecule has 1 aromatic carbocycles. The van der Waals surface area contributed by atoms with Crippen LogP contribution in [0.25, 0.3) is 0 Å². The molecule has 1 aliphatic heterocycles. The van der Waals surface area contributed by atoms with Crippen LogP contribution in [0.2, 0.25) is 10.0 Å². The van der Waals surface area contributed by atoms with Gasteiger partial charge in [-0.15, -0.1) is 0 Å². The second kappa shape index (κ2) is 11.7. The Morgan fingerprint density at radius 3 is 2.45 bits per heavy atom. The van der Waals surface area contributed by atoms with E-state index >= 15 is 0 Å². The molecule has 162 valence electrons. The summed E-state index contributed by atoms with van der Waals surface area (Å²) in [6, 6.07) is 4.40. The van der Waals surface area contributed by atoms with Crippen LogP contribution in [0, 0.1) is 5.92 Å². The van der Waals surface area contributed by atoms with Gasteiger partial charge in [0.1, 0.15) is 6.04 Å².